The number of halogens is 1. The molecule has 1 aliphatic heterocycles. The van der Waals surface area contributed by atoms with E-state index < -0.39 is 0 Å². The molecule has 0 saturated carbocycles. The minimum Gasteiger partial charge on any atom is -0.459 e. The van der Waals surface area contributed by atoms with Gasteiger partial charge in [-0.1, -0.05) is 18.2 Å². The van der Waals surface area contributed by atoms with Gasteiger partial charge in [-0.3, -0.25) is 14.5 Å². The predicted molar refractivity (Wildman–Crippen MR) is 112 cm³/mol. The lowest BCUT2D eigenvalue weighted by atomic mass is 10.1. The van der Waals surface area contributed by atoms with E-state index in [1.54, 1.807) is 40.5 Å². The second-order valence-corrected chi connectivity index (χ2v) is 8.09. The Morgan fingerprint density at radius 1 is 1.07 bits per heavy atom. The summed E-state index contributed by atoms with van der Waals surface area (Å²) in [5.74, 6) is -0.210. The monoisotopic (exact) mass is 427 g/mol. The van der Waals surface area contributed by atoms with E-state index in [2.05, 4.69) is 5.32 Å². The van der Waals surface area contributed by atoms with Gasteiger partial charge in [-0.25, -0.2) is 4.39 Å². The molecule has 30 heavy (non-hydrogen) atoms. The lowest BCUT2D eigenvalue weighted by Gasteiger charge is -2.34. The van der Waals surface area contributed by atoms with Gasteiger partial charge in [0.15, 0.2) is 5.76 Å². The number of furan rings is 1. The first-order chi connectivity index (χ1) is 14.6. The summed E-state index contributed by atoms with van der Waals surface area (Å²) in [6.45, 7) is 2.55. The SMILES string of the molecule is O=C(CN1CCN(C(=O)c2ccco2)CC1)NC(c1ccc(F)cc1)c1cccs1. The van der Waals surface area contributed by atoms with Crippen molar-refractivity contribution in [3.63, 3.8) is 0 Å². The molecule has 6 nitrogen and oxygen atoms in total. The summed E-state index contributed by atoms with van der Waals surface area (Å²) < 4.78 is 18.5. The maximum Gasteiger partial charge on any atom is 0.289 e. The van der Waals surface area contributed by atoms with Gasteiger partial charge in [0.25, 0.3) is 5.91 Å². The highest BCUT2D eigenvalue weighted by Crippen LogP contribution is 2.26. The molecule has 1 unspecified atom stereocenters. The third-order valence-corrected chi connectivity index (χ3v) is 6.03. The minimum atomic E-state index is -0.320. The molecule has 3 aromatic rings. The summed E-state index contributed by atoms with van der Waals surface area (Å²) in [6, 6.07) is 13.1. The quantitative estimate of drug-likeness (QED) is 0.656. The number of carbonyl (C=O) groups excluding carboxylic acids is 2. The molecule has 0 radical (unpaired) electrons. The standard InChI is InChI=1S/C22H22FN3O3S/c23-17-7-5-16(6-8-17)21(19-4-2-14-30-19)24-20(27)15-25-9-11-26(12-10-25)22(28)18-3-1-13-29-18/h1-8,13-14,21H,9-12,15H2,(H,24,27). The second-order valence-electron chi connectivity index (χ2n) is 7.11. The average molecular weight is 428 g/mol. The van der Waals surface area contributed by atoms with Crippen molar-refractivity contribution in [2.75, 3.05) is 32.7 Å². The fourth-order valence-electron chi connectivity index (χ4n) is 3.50. The Balaban J connectivity index is 1.34. The molecular formula is C22H22FN3O3S. The number of hydrogen-bond acceptors (Lipinski definition) is 5. The van der Waals surface area contributed by atoms with Gasteiger partial charge in [-0.2, -0.15) is 0 Å². The summed E-state index contributed by atoms with van der Waals surface area (Å²) >= 11 is 1.55. The number of piperazine rings is 1. The van der Waals surface area contributed by atoms with Crippen LogP contribution in [-0.2, 0) is 4.79 Å². The zero-order valence-electron chi connectivity index (χ0n) is 16.3. The maximum absolute atomic E-state index is 13.3. The van der Waals surface area contributed by atoms with Gasteiger partial charge in [-0.15, -0.1) is 11.3 Å². The molecule has 1 saturated heterocycles. The van der Waals surface area contributed by atoms with E-state index in [1.807, 2.05) is 22.4 Å². The first-order valence-corrected chi connectivity index (χ1v) is 10.6. The van der Waals surface area contributed by atoms with Crippen LogP contribution in [0.1, 0.15) is 27.0 Å². The van der Waals surface area contributed by atoms with Gasteiger partial charge in [0.05, 0.1) is 18.8 Å². The number of amides is 2. The van der Waals surface area contributed by atoms with E-state index in [9.17, 15) is 14.0 Å². The lowest BCUT2D eigenvalue weighted by molar-refractivity contribution is -0.123. The van der Waals surface area contributed by atoms with Crippen molar-refractivity contribution < 1.29 is 18.4 Å². The highest BCUT2D eigenvalue weighted by atomic mass is 32.1. The number of nitrogens with one attached hydrogen (secondary N) is 1. The third kappa shape index (κ3) is 4.77. The number of benzene rings is 1. The van der Waals surface area contributed by atoms with Gasteiger partial charge in [0.2, 0.25) is 5.91 Å². The fraction of sp³-hybridized carbons (Fsp3) is 0.273. The smallest absolute Gasteiger partial charge is 0.289 e. The van der Waals surface area contributed by atoms with Gasteiger partial charge in [0, 0.05) is 31.1 Å². The van der Waals surface area contributed by atoms with Crippen molar-refractivity contribution in [2.45, 2.75) is 6.04 Å². The van der Waals surface area contributed by atoms with E-state index >= 15 is 0 Å². The third-order valence-electron chi connectivity index (χ3n) is 5.10. The molecule has 3 heterocycles. The Kier molecular flexibility index (Phi) is 6.25. The molecule has 8 heteroatoms. The lowest BCUT2D eigenvalue weighted by Crippen LogP contribution is -2.51. The molecule has 0 aliphatic carbocycles. The summed E-state index contributed by atoms with van der Waals surface area (Å²) in [6.07, 6.45) is 1.49. The molecule has 0 spiro atoms. The zero-order chi connectivity index (χ0) is 20.9. The predicted octanol–water partition coefficient (Wildman–Crippen LogP) is 3.14. The number of carbonyl (C=O) groups is 2. The number of nitrogens with zero attached hydrogens (tertiary/aromatic N) is 2. The molecule has 1 aliphatic rings. The van der Waals surface area contributed by atoms with Crippen molar-refractivity contribution in [3.05, 3.63) is 82.2 Å². The summed E-state index contributed by atoms with van der Waals surface area (Å²) in [5.41, 5.74) is 0.834. The molecule has 1 N–H and O–H groups in total. The average Bonchev–Trinajstić information content (AvgIpc) is 3.47. The molecule has 4 rings (SSSR count). The van der Waals surface area contributed by atoms with Crippen LogP contribution in [0.15, 0.2) is 64.6 Å². The molecular weight excluding hydrogens is 405 g/mol. The first kappa shape index (κ1) is 20.3. The van der Waals surface area contributed by atoms with Crippen molar-refractivity contribution in [2.24, 2.45) is 0 Å². The van der Waals surface area contributed by atoms with Crippen molar-refractivity contribution in [1.82, 2.24) is 15.1 Å². The van der Waals surface area contributed by atoms with Crippen molar-refractivity contribution in [1.29, 1.82) is 0 Å². The van der Waals surface area contributed by atoms with Gasteiger partial charge < -0.3 is 14.6 Å². The van der Waals surface area contributed by atoms with E-state index in [1.165, 1.54) is 18.4 Å². The summed E-state index contributed by atoms with van der Waals surface area (Å²) in [7, 11) is 0. The molecule has 1 fully saturated rings. The Morgan fingerprint density at radius 3 is 2.47 bits per heavy atom. The van der Waals surface area contributed by atoms with Gasteiger partial charge >= 0.3 is 0 Å². The van der Waals surface area contributed by atoms with Gasteiger partial charge in [0.1, 0.15) is 5.82 Å². The number of hydrogen-bond donors (Lipinski definition) is 1. The van der Waals surface area contributed by atoms with E-state index in [-0.39, 0.29) is 30.2 Å². The highest BCUT2D eigenvalue weighted by Gasteiger charge is 2.25. The van der Waals surface area contributed by atoms with E-state index in [0.29, 0.717) is 31.9 Å². The van der Waals surface area contributed by atoms with Crippen LogP contribution in [0.3, 0.4) is 0 Å². The van der Waals surface area contributed by atoms with E-state index in [4.69, 9.17) is 4.42 Å². The van der Waals surface area contributed by atoms with Gasteiger partial charge in [-0.05, 0) is 41.3 Å². The Hall–Kier alpha value is -2.97. The fourth-order valence-corrected chi connectivity index (χ4v) is 4.31. The van der Waals surface area contributed by atoms with Crippen LogP contribution >= 0.6 is 11.3 Å². The molecule has 156 valence electrons. The number of thiophene rings is 1. The Labute approximate surface area is 177 Å². The van der Waals surface area contributed by atoms with Crippen molar-refractivity contribution in [3.8, 4) is 0 Å². The summed E-state index contributed by atoms with van der Waals surface area (Å²) in [5, 5.41) is 5.02. The normalized spacial score (nSPS) is 15.7. The second kappa shape index (κ2) is 9.23. The van der Waals surface area contributed by atoms with Crippen LogP contribution in [0, 0.1) is 5.82 Å². The van der Waals surface area contributed by atoms with Crippen LogP contribution in [0.25, 0.3) is 0 Å². The molecule has 1 aromatic carbocycles. The minimum absolute atomic E-state index is 0.108. The Morgan fingerprint density at radius 2 is 1.83 bits per heavy atom. The molecule has 1 atom stereocenters. The van der Waals surface area contributed by atoms with Crippen LogP contribution in [0.2, 0.25) is 0 Å². The van der Waals surface area contributed by atoms with Crippen LogP contribution in [-0.4, -0.2) is 54.3 Å². The van der Waals surface area contributed by atoms with E-state index in [0.717, 1.165) is 10.4 Å². The first-order valence-electron chi connectivity index (χ1n) is 9.73. The maximum atomic E-state index is 13.3. The molecule has 2 amide bonds. The topological polar surface area (TPSA) is 65.8 Å². The largest absolute Gasteiger partial charge is 0.459 e. The van der Waals surface area contributed by atoms with Crippen molar-refractivity contribution >= 4 is 23.2 Å². The zero-order valence-corrected chi connectivity index (χ0v) is 17.1. The van der Waals surface area contributed by atoms with Crippen LogP contribution in [0.4, 0.5) is 4.39 Å². The Bertz CT molecular complexity index is 966. The summed E-state index contributed by atoms with van der Waals surface area (Å²) in [4.78, 5) is 29.8. The number of rotatable bonds is 6. The van der Waals surface area contributed by atoms with Crippen LogP contribution in [0.5, 0.6) is 0 Å². The molecule has 2 aromatic heterocycles. The van der Waals surface area contributed by atoms with Crippen LogP contribution < -0.4 is 5.32 Å². The highest BCUT2D eigenvalue weighted by molar-refractivity contribution is 7.10. The molecule has 0 bridgehead atoms.